The molecule has 0 radical (unpaired) electrons. The van der Waals surface area contributed by atoms with Gasteiger partial charge in [0.2, 0.25) is 0 Å². The summed E-state index contributed by atoms with van der Waals surface area (Å²) in [5, 5.41) is 21.6. The first-order chi connectivity index (χ1) is 15.1. The first-order valence-electron chi connectivity index (χ1n) is 13.4. The van der Waals surface area contributed by atoms with Gasteiger partial charge in [0, 0.05) is 18.8 Å². The third-order valence-electron chi connectivity index (χ3n) is 6.20. The minimum Gasteiger partial charge on any atom is -0.550 e. The molecule has 0 rings (SSSR count). The van der Waals surface area contributed by atoms with Crippen molar-refractivity contribution in [2.24, 2.45) is 0 Å². The minimum absolute atomic E-state index is 0.0821. The number of quaternary nitrogens is 1. The van der Waals surface area contributed by atoms with Crippen molar-refractivity contribution in [2.75, 3.05) is 27.7 Å². The lowest BCUT2D eigenvalue weighted by Gasteiger charge is -2.34. The Hall–Kier alpha value is -0.940. The standard InChI is InChI=1S/C27H53NO4/c1-5-6-7-8-9-10-11-12-13-14-15-16-17-18-19-20-21-22-25(29)27(32,23-26(30)31)24-28(2,3)4/h32H,5-24H2,1-4H3. The molecule has 0 aromatic rings. The molecule has 0 saturated heterocycles. The van der Waals surface area contributed by atoms with E-state index in [9.17, 15) is 19.8 Å². The van der Waals surface area contributed by atoms with Crippen molar-refractivity contribution in [1.29, 1.82) is 0 Å². The van der Waals surface area contributed by atoms with Gasteiger partial charge >= 0.3 is 0 Å². The van der Waals surface area contributed by atoms with Gasteiger partial charge in [-0.15, -0.1) is 0 Å². The molecule has 1 atom stereocenters. The highest BCUT2D eigenvalue weighted by Gasteiger charge is 2.40. The van der Waals surface area contributed by atoms with Crippen LogP contribution in [0.25, 0.3) is 0 Å². The molecule has 5 nitrogen and oxygen atoms in total. The van der Waals surface area contributed by atoms with E-state index in [1.165, 1.54) is 89.9 Å². The molecular weight excluding hydrogens is 402 g/mol. The minimum atomic E-state index is -1.83. The second kappa shape index (κ2) is 18.5. The maximum Gasteiger partial charge on any atom is 0.177 e. The number of carbonyl (C=O) groups excluding carboxylic acids is 2. The molecule has 1 unspecified atom stereocenters. The monoisotopic (exact) mass is 455 g/mol. The van der Waals surface area contributed by atoms with Crippen LogP contribution in [0.2, 0.25) is 0 Å². The van der Waals surface area contributed by atoms with Gasteiger partial charge in [0.1, 0.15) is 6.54 Å². The van der Waals surface area contributed by atoms with Gasteiger partial charge in [-0.25, -0.2) is 0 Å². The zero-order chi connectivity index (χ0) is 24.3. The number of ketones is 1. The Morgan fingerprint density at radius 2 is 1.03 bits per heavy atom. The Morgan fingerprint density at radius 1 is 0.688 bits per heavy atom. The highest BCUT2D eigenvalue weighted by Crippen LogP contribution is 2.20. The van der Waals surface area contributed by atoms with Crippen molar-refractivity contribution in [3.8, 4) is 0 Å². The highest BCUT2D eigenvalue weighted by atomic mass is 16.4. The van der Waals surface area contributed by atoms with Crippen LogP contribution in [0.5, 0.6) is 0 Å². The molecule has 0 spiro atoms. The third kappa shape index (κ3) is 18.6. The number of carboxylic acids is 1. The van der Waals surface area contributed by atoms with Crippen LogP contribution in [0, 0.1) is 0 Å². The zero-order valence-corrected chi connectivity index (χ0v) is 21.8. The van der Waals surface area contributed by atoms with E-state index in [1.54, 1.807) is 0 Å². The maximum atomic E-state index is 12.5. The summed E-state index contributed by atoms with van der Waals surface area (Å²) < 4.78 is 0.328. The topological polar surface area (TPSA) is 77.4 Å². The lowest BCUT2D eigenvalue weighted by atomic mass is 9.89. The highest BCUT2D eigenvalue weighted by molar-refractivity contribution is 5.90. The molecule has 0 aliphatic heterocycles. The van der Waals surface area contributed by atoms with Crippen molar-refractivity contribution < 1.29 is 24.3 Å². The van der Waals surface area contributed by atoms with Gasteiger partial charge in [-0.2, -0.15) is 0 Å². The van der Waals surface area contributed by atoms with Crippen molar-refractivity contribution in [3.63, 3.8) is 0 Å². The van der Waals surface area contributed by atoms with Crippen molar-refractivity contribution in [2.45, 2.75) is 135 Å². The Kier molecular flexibility index (Phi) is 17.9. The molecule has 5 heteroatoms. The lowest BCUT2D eigenvalue weighted by Crippen LogP contribution is -2.56. The first-order valence-corrected chi connectivity index (χ1v) is 13.4. The number of carbonyl (C=O) groups is 2. The van der Waals surface area contributed by atoms with E-state index in [0.717, 1.165) is 12.8 Å². The fourth-order valence-corrected chi connectivity index (χ4v) is 4.51. The Morgan fingerprint density at radius 3 is 1.34 bits per heavy atom. The second-order valence-electron chi connectivity index (χ2n) is 10.9. The molecule has 0 aromatic carbocycles. The van der Waals surface area contributed by atoms with Crippen LogP contribution in [0.3, 0.4) is 0 Å². The number of unbranched alkanes of at least 4 members (excludes halogenated alkanes) is 16. The normalized spacial score (nSPS) is 13.8. The molecule has 32 heavy (non-hydrogen) atoms. The number of hydrogen-bond donors (Lipinski definition) is 1. The van der Waals surface area contributed by atoms with Crippen LogP contribution in [-0.4, -0.2) is 54.6 Å². The Balaban J connectivity index is 3.66. The van der Waals surface area contributed by atoms with Crippen LogP contribution < -0.4 is 5.11 Å². The number of rotatable bonds is 23. The average molecular weight is 456 g/mol. The van der Waals surface area contributed by atoms with Crippen LogP contribution in [-0.2, 0) is 9.59 Å². The van der Waals surface area contributed by atoms with Crippen LogP contribution in [0.15, 0.2) is 0 Å². The quantitative estimate of drug-likeness (QED) is 0.170. The van der Waals surface area contributed by atoms with Crippen LogP contribution >= 0.6 is 0 Å². The predicted molar refractivity (Wildman–Crippen MR) is 131 cm³/mol. The molecular formula is C27H53NO4. The number of nitrogens with zero attached hydrogens (tertiary/aromatic N) is 1. The molecule has 0 bridgehead atoms. The van der Waals surface area contributed by atoms with E-state index in [1.807, 2.05) is 21.1 Å². The summed E-state index contributed by atoms with van der Waals surface area (Å²) in [6, 6.07) is 0. The van der Waals surface area contributed by atoms with Gasteiger partial charge < -0.3 is 19.5 Å². The first kappa shape index (κ1) is 31.1. The van der Waals surface area contributed by atoms with Gasteiger partial charge in [0.15, 0.2) is 11.4 Å². The predicted octanol–water partition coefficient (Wildman–Crippen LogP) is 5.17. The van der Waals surface area contributed by atoms with E-state index in [0.29, 0.717) is 10.9 Å². The number of carboxylic acid groups (broad SMARTS) is 1. The van der Waals surface area contributed by atoms with Crippen LogP contribution in [0.1, 0.15) is 129 Å². The van der Waals surface area contributed by atoms with E-state index >= 15 is 0 Å². The molecule has 0 aliphatic rings. The fraction of sp³-hybridized carbons (Fsp3) is 0.926. The zero-order valence-electron chi connectivity index (χ0n) is 21.8. The summed E-state index contributed by atoms with van der Waals surface area (Å²) in [4.78, 5) is 23.5. The Labute approximate surface area is 198 Å². The van der Waals surface area contributed by atoms with Gasteiger partial charge in [-0.05, 0) is 6.42 Å². The number of aliphatic hydroxyl groups is 1. The third-order valence-corrected chi connectivity index (χ3v) is 6.20. The number of Topliss-reactive ketones (excluding diaryl/α,β-unsaturated/α-hetero) is 1. The molecule has 0 fully saturated rings. The molecule has 0 amide bonds. The van der Waals surface area contributed by atoms with E-state index in [2.05, 4.69) is 6.92 Å². The summed E-state index contributed by atoms with van der Waals surface area (Å²) in [6.45, 7) is 2.35. The van der Waals surface area contributed by atoms with Crippen molar-refractivity contribution in [3.05, 3.63) is 0 Å². The largest absolute Gasteiger partial charge is 0.550 e. The molecule has 0 aliphatic carbocycles. The average Bonchev–Trinajstić information content (AvgIpc) is 2.68. The molecule has 1 N–H and O–H groups in total. The summed E-state index contributed by atoms with van der Waals surface area (Å²) >= 11 is 0. The summed E-state index contributed by atoms with van der Waals surface area (Å²) in [5.74, 6) is -1.74. The second-order valence-corrected chi connectivity index (χ2v) is 10.9. The molecule has 0 heterocycles. The lowest BCUT2D eigenvalue weighted by molar-refractivity contribution is -0.875. The van der Waals surface area contributed by atoms with Gasteiger partial charge in [0.25, 0.3) is 0 Å². The van der Waals surface area contributed by atoms with Crippen molar-refractivity contribution in [1.82, 2.24) is 0 Å². The van der Waals surface area contributed by atoms with Gasteiger partial charge in [-0.3, -0.25) is 4.79 Å². The Bertz CT molecular complexity index is 487. The smallest absolute Gasteiger partial charge is 0.177 e. The van der Waals surface area contributed by atoms with Gasteiger partial charge in [-0.1, -0.05) is 110 Å². The molecule has 190 valence electrons. The summed E-state index contributed by atoms with van der Waals surface area (Å²) in [6.07, 6.45) is 21.3. The van der Waals surface area contributed by atoms with Gasteiger partial charge in [0.05, 0.1) is 21.1 Å². The SMILES string of the molecule is CCCCCCCCCCCCCCCCCCCC(=O)C(O)(CC(=O)[O-])C[N+](C)(C)C. The fourth-order valence-electron chi connectivity index (χ4n) is 4.51. The molecule has 0 aromatic heterocycles. The summed E-state index contributed by atoms with van der Waals surface area (Å²) in [5.41, 5.74) is -1.83. The number of likely N-dealkylation sites (N-methyl/N-ethyl adjacent to an activating group) is 1. The number of hydrogen-bond acceptors (Lipinski definition) is 4. The van der Waals surface area contributed by atoms with E-state index < -0.39 is 18.0 Å². The van der Waals surface area contributed by atoms with E-state index in [4.69, 9.17) is 0 Å². The molecule has 0 saturated carbocycles. The van der Waals surface area contributed by atoms with E-state index in [-0.39, 0.29) is 18.7 Å². The van der Waals surface area contributed by atoms with Crippen molar-refractivity contribution >= 4 is 11.8 Å². The number of aliphatic carboxylic acids is 1. The summed E-state index contributed by atoms with van der Waals surface area (Å²) in [7, 11) is 5.51. The van der Waals surface area contributed by atoms with Crippen LogP contribution in [0.4, 0.5) is 0 Å². The maximum absolute atomic E-state index is 12.5.